The van der Waals surface area contributed by atoms with Gasteiger partial charge in [0.15, 0.2) is 5.42 Å². The van der Waals surface area contributed by atoms with Gasteiger partial charge in [-0.3, -0.25) is 15.0 Å². The number of hydrogen-bond acceptors (Lipinski definition) is 6. The number of furan rings is 1. The zero-order chi connectivity index (χ0) is 17.8. The maximum Gasteiger partial charge on any atom is 0.215 e. The number of hydrogen-bond donors (Lipinski definition) is 2. The molecule has 6 nitrogen and oxygen atoms in total. The lowest BCUT2D eigenvalue weighted by Crippen LogP contribution is -2.24. The Hall–Kier alpha value is -3.41. The van der Waals surface area contributed by atoms with E-state index in [0.29, 0.717) is 16.8 Å². The molecule has 0 amide bonds. The largest absolute Gasteiger partial charge is 0.436 e. The number of aryl methyl sites for hydroxylation is 1. The molecule has 6 heteroatoms. The molecule has 3 aromatic heterocycles. The van der Waals surface area contributed by atoms with Gasteiger partial charge < -0.3 is 15.5 Å². The molecule has 3 rings (SSSR count). The molecule has 0 bridgehead atoms. The zero-order valence-electron chi connectivity index (χ0n) is 14.2. The highest BCUT2D eigenvalue weighted by Crippen LogP contribution is 2.19. The van der Waals surface area contributed by atoms with Crippen LogP contribution in [-0.4, -0.2) is 16.7 Å². The standard InChI is InChI=1S/C19H19N5O/c1-4-15-17(24-14-6-5-8-22-11-14)19(20)25-18(15)16(21-3)13-7-9-23-12(2)10-13/h4-11,24H,3,20H2,1-2H3/b15-4-,18-16+. The van der Waals surface area contributed by atoms with Gasteiger partial charge in [-0.1, -0.05) is 6.08 Å². The smallest absolute Gasteiger partial charge is 0.215 e. The molecule has 0 saturated carbocycles. The van der Waals surface area contributed by atoms with Crippen molar-refractivity contribution < 1.29 is 4.42 Å². The molecule has 0 unspecified atom stereocenters. The van der Waals surface area contributed by atoms with Crippen LogP contribution in [0.5, 0.6) is 0 Å². The molecule has 0 radical (unpaired) electrons. The van der Waals surface area contributed by atoms with E-state index in [0.717, 1.165) is 22.2 Å². The second kappa shape index (κ2) is 7.00. The second-order valence-corrected chi connectivity index (χ2v) is 5.43. The molecule has 3 heterocycles. The number of anilines is 3. The van der Waals surface area contributed by atoms with E-state index in [1.807, 2.05) is 44.2 Å². The topological polar surface area (TPSA) is 89.3 Å². The van der Waals surface area contributed by atoms with Crippen molar-refractivity contribution in [1.82, 2.24) is 9.97 Å². The average Bonchev–Trinajstić information content (AvgIpc) is 2.92. The van der Waals surface area contributed by atoms with Gasteiger partial charge in [-0.2, -0.15) is 0 Å². The molecule has 25 heavy (non-hydrogen) atoms. The lowest BCUT2D eigenvalue weighted by molar-refractivity contribution is 0.547. The van der Waals surface area contributed by atoms with Gasteiger partial charge in [0.2, 0.25) is 5.88 Å². The van der Waals surface area contributed by atoms with E-state index in [2.05, 4.69) is 27.0 Å². The Kier molecular flexibility index (Phi) is 4.61. The summed E-state index contributed by atoms with van der Waals surface area (Å²) < 4.78 is 5.83. The Morgan fingerprint density at radius 3 is 2.84 bits per heavy atom. The number of nitrogens with two attached hydrogens (primary N) is 1. The summed E-state index contributed by atoms with van der Waals surface area (Å²) in [5.74, 6) is 0.277. The van der Waals surface area contributed by atoms with Crippen molar-refractivity contribution in [1.29, 1.82) is 0 Å². The highest BCUT2D eigenvalue weighted by molar-refractivity contribution is 5.74. The fraction of sp³-hybridized carbons (Fsp3) is 0.105. The first-order chi connectivity index (χ1) is 12.1. The Bertz CT molecular complexity index is 1020. The number of rotatable bonds is 4. The fourth-order valence-corrected chi connectivity index (χ4v) is 2.61. The lowest BCUT2D eigenvalue weighted by Gasteiger charge is -2.03. The van der Waals surface area contributed by atoms with E-state index < -0.39 is 0 Å². The zero-order valence-corrected chi connectivity index (χ0v) is 14.2. The van der Waals surface area contributed by atoms with Gasteiger partial charge in [-0.25, -0.2) is 0 Å². The van der Waals surface area contributed by atoms with Gasteiger partial charge in [-0.05, 0) is 44.8 Å². The molecule has 0 saturated heterocycles. The van der Waals surface area contributed by atoms with Crippen LogP contribution in [0.15, 0.2) is 52.3 Å². The van der Waals surface area contributed by atoms with Crippen molar-refractivity contribution in [3.63, 3.8) is 0 Å². The molecular weight excluding hydrogens is 314 g/mol. The van der Waals surface area contributed by atoms with Gasteiger partial charge in [0, 0.05) is 28.9 Å². The maximum absolute atomic E-state index is 6.11. The van der Waals surface area contributed by atoms with E-state index in [1.54, 1.807) is 18.6 Å². The summed E-state index contributed by atoms with van der Waals surface area (Å²) in [6, 6.07) is 7.54. The van der Waals surface area contributed by atoms with E-state index in [-0.39, 0.29) is 5.88 Å². The number of aliphatic imine (C=N–C) groups is 1. The Balaban J connectivity index is 2.23. The minimum Gasteiger partial charge on any atom is -0.436 e. The highest BCUT2D eigenvalue weighted by Gasteiger charge is 2.13. The van der Waals surface area contributed by atoms with Crippen molar-refractivity contribution in [3.05, 3.63) is 64.7 Å². The number of nitrogens with one attached hydrogen (secondary N) is 1. The molecule has 0 fully saturated rings. The van der Waals surface area contributed by atoms with Crippen molar-refractivity contribution in [2.75, 3.05) is 11.1 Å². The van der Waals surface area contributed by atoms with Crippen LogP contribution in [-0.2, 0) is 0 Å². The van der Waals surface area contributed by atoms with Crippen LogP contribution in [0.4, 0.5) is 17.3 Å². The monoisotopic (exact) mass is 333 g/mol. The quantitative estimate of drug-likeness (QED) is 0.716. The SMILES string of the molecule is C=N/C(c1ccnc(C)c1)=c1/oc(N)c(Nc2cccnc2)/c1=C/C. The first kappa shape index (κ1) is 16.4. The Morgan fingerprint density at radius 2 is 2.20 bits per heavy atom. The van der Waals surface area contributed by atoms with Gasteiger partial charge >= 0.3 is 0 Å². The highest BCUT2D eigenvalue weighted by atomic mass is 16.3. The predicted molar refractivity (Wildman–Crippen MR) is 101 cm³/mol. The number of nitrogen functional groups attached to an aromatic ring is 1. The molecule has 0 atom stereocenters. The van der Waals surface area contributed by atoms with Crippen LogP contribution in [0.3, 0.4) is 0 Å². The molecule has 3 N–H and O–H groups in total. The van der Waals surface area contributed by atoms with Crippen LogP contribution in [0.1, 0.15) is 18.2 Å². The summed E-state index contributed by atoms with van der Waals surface area (Å²) in [4.78, 5) is 12.5. The Labute approximate surface area is 145 Å². The Morgan fingerprint density at radius 1 is 1.36 bits per heavy atom. The van der Waals surface area contributed by atoms with Crippen molar-refractivity contribution in [2.45, 2.75) is 13.8 Å². The molecule has 0 spiro atoms. The molecule has 3 aromatic rings. The normalized spacial score (nSPS) is 12.8. The van der Waals surface area contributed by atoms with E-state index in [1.165, 1.54) is 0 Å². The lowest BCUT2D eigenvalue weighted by atomic mass is 10.1. The van der Waals surface area contributed by atoms with Crippen LogP contribution < -0.4 is 21.7 Å². The summed E-state index contributed by atoms with van der Waals surface area (Å²) >= 11 is 0. The van der Waals surface area contributed by atoms with E-state index in [9.17, 15) is 0 Å². The van der Waals surface area contributed by atoms with E-state index in [4.69, 9.17) is 10.2 Å². The summed E-state index contributed by atoms with van der Waals surface area (Å²) in [6.07, 6.45) is 7.08. The van der Waals surface area contributed by atoms with Crippen LogP contribution in [0.25, 0.3) is 11.8 Å². The van der Waals surface area contributed by atoms with Gasteiger partial charge in [0.05, 0.1) is 11.9 Å². The summed E-state index contributed by atoms with van der Waals surface area (Å²) in [5, 5.41) is 4.07. The first-order valence-corrected chi connectivity index (χ1v) is 7.79. The first-order valence-electron chi connectivity index (χ1n) is 7.79. The summed E-state index contributed by atoms with van der Waals surface area (Å²) in [6.45, 7) is 7.53. The molecular formula is C19H19N5O. The summed E-state index contributed by atoms with van der Waals surface area (Å²) in [7, 11) is 0. The second-order valence-electron chi connectivity index (χ2n) is 5.43. The number of aromatic nitrogens is 2. The fourth-order valence-electron chi connectivity index (χ4n) is 2.61. The molecule has 0 aromatic carbocycles. The van der Waals surface area contributed by atoms with Crippen LogP contribution in [0.2, 0.25) is 0 Å². The molecule has 0 aliphatic heterocycles. The third-order valence-corrected chi connectivity index (χ3v) is 3.74. The number of nitrogens with zero attached hydrogens (tertiary/aromatic N) is 3. The van der Waals surface area contributed by atoms with Crippen molar-refractivity contribution >= 4 is 35.7 Å². The molecule has 0 aliphatic rings. The van der Waals surface area contributed by atoms with E-state index >= 15 is 0 Å². The average molecular weight is 333 g/mol. The van der Waals surface area contributed by atoms with Crippen LogP contribution in [0, 0.1) is 6.92 Å². The minimum absolute atomic E-state index is 0.277. The third kappa shape index (κ3) is 3.28. The maximum atomic E-state index is 6.11. The van der Waals surface area contributed by atoms with Gasteiger partial charge in [-0.15, -0.1) is 0 Å². The van der Waals surface area contributed by atoms with Gasteiger partial charge in [0.25, 0.3) is 0 Å². The van der Waals surface area contributed by atoms with Gasteiger partial charge in [0.1, 0.15) is 11.4 Å². The van der Waals surface area contributed by atoms with Crippen molar-refractivity contribution in [2.24, 2.45) is 4.99 Å². The summed E-state index contributed by atoms with van der Waals surface area (Å²) in [5.41, 5.74) is 10.5. The predicted octanol–water partition coefficient (Wildman–Crippen LogP) is 2.36. The number of pyridine rings is 2. The molecule has 126 valence electrons. The van der Waals surface area contributed by atoms with Crippen molar-refractivity contribution in [3.8, 4) is 0 Å². The third-order valence-electron chi connectivity index (χ3n) is 3.74. The molecule has 0 aliphatic carbocycles. The van der Waals surface area contributed by atoms with Crippen LogP contribution >= 0.6 is 0 Å². The minimum atomic E-state index is 0.277.